The number of anilines is 1. The predicted octanol–water partition coefficient (Wildman–Crippen LogP) is 2.49. The van der Waals surface area contributed by atoms with E-state index in [1.54, 1.807) is 11.3 Å². The first-order chi connectivity index (χ1) is 9.36. The molecule has 0 saturated carbocycles. The first-order valence-electron chi connectivity index (χ1n) is 5.93. The Kier molecular flexibility index (Phi) is 3.24. The van der Waals surface area contributed by atoms with E-state index in [-0.39, 0.29) is 0 Å². The van der Waals surface area contributed by atoms with Gasteiger partial charge in [-0.2, -0.15) is 0 Å². The van der Waals surface area contributed by atoms with Crippen molar-refractivity contribution in [2.75, 3.05) is 12.4 Å². The maximum Gasteiger partial charge on any atom is 0.205 e. The molecule has 0 amide bonds. The smallest absolute Gasteiger partial charge is 0.205 e. The van der Waals surface area contributed by atoms with E-state index < -0.39 is 0 Å². The van der Waals surface area contributed by atoms with E-state index in [0.717, 1.165) is 21.5 Å². The highest BCUT2D eigenvalue weighted by Crippen LogP contribution is 2.20. The van der Waals surface area contributed by atoms with Crippen LogP contribution in [0.1, 0.15) is 5.01 Å². The lowest BCUT2D eigenvalue weighted by atomic mass is 10.2. The molecular formula is C13H13N5S. The zero-order valence-corrected chi connectivity index (χ0v) is 11.3. The fourth-order valence-corrected chi connectivity index (χ4v) is 2.54. The minimum Gasteiger partial charge on any atom is -0.363 e. The van der Waals surface area contributed by atoms with Crippen molar-refractivity contribution in [1.82, 2.24) is 19.7 Å². The van der Waals surface area contributed by atoms with Crippen molar-refractivity contribution >= 4 is 16.5 Å². The molecule has 96 valence electrons. The van der Waals surface area contributed by atoms with E-state index in [4.69, 9.17) is 0 Å². The first kappa shape index (κ1) is 11.9. The molecule has 5 nitrogen and oxygen atoms in total. The standard InChI is InChI=1S/C13H13N5S/c1-14-13-17-16-11(19-13)9-18-8-7-15-12(18)10-5-3-2-4-6-10/h2-8H,9H2,1H3,(H,14,17). The predicted molar refractivity (Wildman–Crippen MR) is 76.2 cm³/mol. The molecule has 19 heavy (non-hydrogen) atoms. The molecule has 0 aliphatic rings. The topological polar surface area (TPSA) is 55.6 Å². The molecule has 1 N–H and O–H groups in total. The second-order valence-electron chi connectivity index (χ2n) is 4.00. The summed E-state index contributed by atoms with van der Waals surface area (Å²) in [5.74, 6) is 0.946. The Morgan fingerprint density at radius 1 is 1.21 bits per heavy atom. The average Bonchev–Trinajstić information content (AvgIpc) is 3.09. The van der Waals surface area contributed by atoms with Gasteiger partial charge in [-0.25, -0.2) is 4.98 Å². The lowest BCUT2D eigenvalue weighted by Gasteiger charge is -2.05. The van der Waals surface area contributed by atoms with Gasteiger partial charge in [-0.3, -0.25) is 0 Å². The SMILES string of the molecule is CNc1nnc(Cn2ccnc2-c2ccccc2)s1. The van der Waals surface area contributed by atoms with Crippen LogP contribution in [-0.2, 0) is 6.54 Å². The first-order valence-corrected chi connectivity index (χ1v) is 6.75. The summed E-state index contributed by atoms with van der Waals surface area (Å²) in [7, 11) is 1.84. The third-order valence-corrected chi connectivity index (χ3v) is 3.66. The van der Waals surface area contributed by atoms with Crippen molar-refractivity contribution in [2.45, 2.75) is 6.54 Å². The minimum absolute atomic E-state index is 0.684. The molecule has 0 spiro atoms. The third-order valence-electron chi connectivity index (χ3n) is 2.73. The summed E-state index contributed by atoms with van der Waals surface area (Å²) in [5.41, 5.74) is 1.10. The summed E-state index contributed by atoms with van der Waals surface area (Å²) < 4.78 is 2.08. The monoisotopic (exact) mass is 271 g/mol. The maximum absolute atomic E-state index is 4.41. The number of imidazole rings is 1. The summed E-state index contributed by atoms with van der Waals surface area (Å²) >= 11 is 1.55. The van der Waals surface area contributed by atoms with Crippen LogP contribution in [-0.4, -0.2) is 26.8 Å². The van der Waals surface area contributed by atoms with Gasteiger partial charge in [0.2, 0.25) is 5.13 Å². The van der Waals surface area contributed by atoms with Crippen LogP contribution in [0.4, 0.5) is 5.13 Å². The fourth-order valence-electron chi connectivity index (χ4n) is 1.85. The van der Waals surface area contributed by atoms with Gasteiger partial charge in [0.1, 0.15) is 10.8 Å². The largest absolute Gasteiger partial charge is 0.363 e. The van der Waals surface area contributed by atoms with Crippen LogP contribution in [0, 0.1) is 0 Å². The van der Waals surface area contributed by atoms with E-state index in [9.17, 15) is 0 Å². The number of nitrogens with zero attached hydrogens (tertiary/aromatic N) is 4. The van der Waals surface area contributed by atoms with Crippen molar-refractivity contribution < 1.29 is 0 Å². The van der Waals surface area contributed by atoms with Crippen LogP contribution in [0.3, 0.4) is 0 Å². The molecule has 0 fully saturated rings. The van der Waals surface area contributed by atoms with Crippen LogP contribution in [0.5, 0.6) is 0 Å². The molecule has 1 aromatic carbocycles. The Balaban J connectivity index is 1.88. The van der Waals surface area contributed by atoms with Gasteiger partial charge in [0.05, 0.1) is 6.54 Å². The summed E-state index contributed by atoms with van der Waals surface area (Å²) in [4.78, 5) is 4.41. The zero-order chi connectivity index (χ0) is 13.1. The maximum atomic E-state index is 4.41. The molecular weight excluding hydrogens is 258 g/mol. The van der Waals surface area contributed by atoms with Gasteiger partial charge in [0, 0.05) is 25.0 Å². The Bertz CT molecular complexity index is 658. The second kappa shape index (κ2) is 5.19. The van der Waals surface area contributed by atoms with Gasteiger partial charge in [-0.1, -0.05) is 41.7 Å². The minimum atomic E-state index is 0.684. The Morgan fingerprint density at radius 2 is 2.05 bits per heavy atom. The molecule has 0 radical (unpaired) electrons. The lowest BCUT2D eigenvalue weighted by Crippen LogP contribution is -2.00. The molecule has 3 rings (SSSR count). The quantitative estimate of drug-likeness (QED) is 0.792. The normalized spacial score (nSPS) is 10.6. The van der Waals surface area contributed by atoms with E-state index in [2.05, 4.69) is 37.2 Å². The highest BCUT2D eigenvalue weighted by Gasteiger charge is 2.08. The van der Waals surface area contributed by atoms with Crippen LogP contribution in [0.15, 0.2) is 42.7 Å². The van der Waals surface area contributed by atoms with Crippen molar-refractivity contribution in [3.8, 4) is 11.4 Å². The molecule has 0 aliphatic carbocycles. The van der Waals surface area contributed by atoms with Crippen molar-refractivity contribution in [3.63, 3.8) is 0 Å². The average molecular weight is 271 g/mol. The molecule has 0 saturated heterocycles. The summed E-state index contributed by atoms with van der Waals surface area (Å²) in [5, 5.41) is 13.0. The molecule has 3 aromatic rings. The summed E-state index contributed by atoms with van der Waals surface area (Å²) in [6, 6.07) is 10.1. The van der Waals surface area contributed by atoms with Crippen LogP contribution < -0.4 is 5.32 Å². The number of hydrogen-bond acceptors (Lipinski definition) is 5. The van der Waals surface area contributed by atoms with Crippen LogP contribution >= 0.6 is 11.3 Å². The lowest BCUT2D eigenvalue weighted by molar-refractivity contribution is 0.785. The van der Waals surface area contributed by atoms with Crippen LogP contribution in [0.25, 0.3) is 11.4 Å². The molecule has 0 bridgehead atoms. The summed E-state index contributed by atoms with van der Waals surface area (Å²) in [6.07, 6.45) is 3.77. The number of nitrogens with one attached hydrogen (secondary N) is 1. The number of benzene rings is 1. The molecule has 2 aromatic heterocycles. The van der Waals surface area contributed by atoms with Crippen molar-refractivity contribution in [2.24, 2.45) is 0 Å². The molecule has 0 unspecified atom stereocenters. The molecule has 6 heteroatoms. The Labute approximate surface area is 115 Å². The Morgan fingerprint density at radius 3 is 2.79 bits per heavy atom. The van der Waals surface area contributed by atoms with Crippen molar-refractivity contribution in [1.29, 1.82) is 0 Å². The van der Waals surface area contributed by atoms with E-state index in [0.29, 0.717) is 6.54 Å². The highest BCUT2D eigenvalue weighted by atomic mass is 32.1. The zero-order valence-electron chi connectivity index (χ0n) is 10.4. The fraction of sp³-hybridized carbons (Fsp3) is 0.154. The highest BCUT2D eigenvalue weighted by molar-refractivity contribution is 7.15. The molecule has 2 heterocycles. The van der Waals surface area contributed by atoms with Crippen LogP contribution in [0.2, 0.25) is 0 Å². The summed E-state index contributed by atoms with van der Waals surface area (Å²) in [6.45, 7) is 0.684. The number of rotatable bonds is 4. The van der Waals surface area contributed by atoms with Gasteiger partial charge >= 0.3 is 0 Å². The molecule has 0 aliphatic heterocycles. The van der Waals surface area contributed by atoms with Gasteiger partial charge < -0.3 is 9.88 Å². The van der Waals surface area contributed by atoms with Crippen molar-refractivity contribution in [3.05, 3.63) is 47.7 Å². The van der Waals surface area contributed by atoms with Gasteiger partial charge in [-0.15, -0.1) is 10.2 Å². The number of hydrogen-bond donors (Lipinski definition) is 1. The second-order valence-corrected chi connectivity index (χ2v) is 5.06. The Hall–Kier alpha value is -2.21. The third kappa shape index (κ3) is 2.48. The number of aromatic nitrogens is 4. The van der Waals surface area contributed by atoms with Gasteiger partial charge in [-0.05, 0) is 0 Å². The van der Waals surface area contributed by atoms with E-state index in [1.807, 2.05) is 37.6 Å². The molecule has 0 atom stereocenters. The van der Waals surface area contributed by atoms with Gasteiger partial charge in [0.25, 0.3) is 0 Å². The van der Waals surface area contributed by atoms with Gasteiger partial charge in [0.15, 0.2) is 0 Å². The van der Waals surface area contributed by atoms with E-state index >= 15 is 0 Å². The van der Waals surface area contributed by atoms with E-state index in [1.165, 1.54) is 0 Å².